The zero-order valence-corrected chi connectivity index (χ0v) is 22.5. The van der Waals surface area contributed by atoms with Crippen LogP contribution in [0, 0.1) is 0 Å². The van der Waals surface area contributed by atoms with Gasteiger partial charge < -0.3 is 24.6 Å². The molecule has 3 aromatic rings. The highest BCUT2D eigenvalue weighted by Crippen LogP contribution is 2.37. The minimum Gasteiger partial charge on any atom is -0.494 e. The minimum absolute atomic E-state index is 0.0372. The molecular weight excluding hydrogens is 536 g/mol. The smallest absolute Gasteiger partial charge is 0.335 e. The van der Waals surface area contributed by atoms with Crippen molar-refractivity contribution in [2.75, 3.05) is 25.6 Å². The van der Waals surface area contributed by atoms with E-state index in [0.717, 1.165) is 4.90 Å². The first-order valence-corrected chi connectivity index (χ1v) is 13.0. The number of ether oxygens (including phenoxy) is 3. The van der Waals surface area contributed by atoms with Crippen LogP contribution in [0.5, 0.6) is 17.2 Å². The fourth-order valence-corrected chi connectivity index (χ4v) is 4.66. The van der Waals surface area contributed by atoms with Crippen LogP contribution in [-0.2, 0) is 16.2 Å². The summed E-state index contributed by atoms with van der Waals surface area (Å²) in [7, 11) is 1.47. The number of imide groups is 1. The van der Waals surface area contributed by atoms with Crippen LogP contribution in [0.3, 0.4) is 0 Å². The Hall–Kier alpha value is -4.77. The highest BCUT2D eigenvalue weighted by atomic mass is 32.2. The number of benzene rings is 3. The molecule has 4 rings (SSSR count). The van der Waals surface area contributed by atoms with E-state index in [9.17, 15) is 24.3 Å². The molecule has 3 aromatic carbocycles. The molecule has 40 heavy (non-hydrogen) atoms. The van der Waals surface area contributed by atoms with Crippen molar-refractivity contribution >= 4 is 46.5 Å². The predicted octanol–water partition coefficient (Wildman–Crippen LogP) is 5.05. The number of carbonyl (C=O) groups is 4. The average molecular weight is 563 g/mol. The summed E-state index contributed by atoms with van der Waals surface area (Å²) in [5.41, 5.74) is 1.72. The molecule has 3 amide bonds. The Balaban J connectivity index is 1.48. The number of nitrogens with zero attached hydrogens (tertiary/aromatic N) is 1. The molecule has 0 bridgehead atoms. The first kappa shape index (κ1) is 28.2. The van der Waals surface area contributed by atoms with Crippen molar-refractivity contribution < 1.29 is 38.5 Å². The molecule has 0 saturated carbocycles. The number of hydrogen-bond acceptors (Lipinski definition) is 8. The summed E-state index contributed by atoms with van der Waals surface area (Å²) in [6.45, 7) is 1.97. The fourth-order valence-electron chi connectivity index (χ4n) is 3.83. The van der Waals surface area contributed by atoms with Gasteiger partial charge in [-0.1, -0.05) is 24.3 Å². The fraction of sp³-hybridized carbons (Fsp3) is 0.172. The molecule has 1 aliphatic heterocycles. The van der Waals surface area contributed by atoms with Crippen LogP contribution >= 0.6 is 11.8 Å². The number of carboxylic acids is 1. The van der Waals surface area contributed by atoms with Gasteiger partial charge in [0.05, 0.1) is 24.2 Å². The van der Waals surface area contributed by atoms with Gasteiger partial charge >= 0.3 is 5.97 Å². The third-order valence-corrected chi connectivity index (χ3v) is 6.60. The Bertz CT molecular complexity index is 1470. The monoisotopic (exact) mass is 562 g/mol. The quantitative estimate of drug-likeness (QED) is 0.308. The maximum atomic E-state index is 13.1. The maximum absolute atomic E-state index is 13.1. The van der Waals surface area contributed by atoms with Crippen molar-refractivity contribution in [3.05, 3.63) is 88.3 Å². The molecule has 0 aromatic heterocycles. The van der Waals surface area contributed by atoms with E-state index >= 15 is 0 Å². The molecule has 10 nitrogen and oxygen atoms in total. The van der Waals surface area contributed by atoms with Gasteiger partial charge in [-0.3, -0.25) is 19.3 Å². The van der Waals surface area contributed by atoms with Gasteiger partial charge in [0.1, 0.15) is 18.9 Å². The van der Waals surface area contributed by atoms with E-state index in [1.807, 2.05) is 6.92 Å². The maximum Gasteiger partial charge on any atom is 0.335 e. The summed E-state index contributed by atoms with van der Waals surface area (Å²) >= 11 is 0.714. The van der Waals surface area contributed by atoms with E-state index in [1.54, 1.807) is 54.6 Å². The summed E-state index contributed by atoms with van der Waals surface area (Å²) in [5.74, 6) is -0.834. The van der Waals surface area contributed by atoms with Crippen molar-refractivity contribution in [3.63, 3.8) is 0 Å². The molecule has 1 heterocycles. The normalized spacial score (nSPS) is 13.8. The summed E-state index contributed by atoms with van der Waals surface area (Å²) in [5, 5.41) is 11.3. The standard InChI is InChI=1S/C29H26N2O8S/c1-3-38-22-12-10-21(11-13-22)30-25(32)16-31-27(33)24(40-29(31)36)15-19-7-5-9-23(37-2)26(19)39-17-18-6-4-8-20(14-18)28(34)35/h4-15H,3,16-17H2,1-2H3,(H,30,32)(H,34,35)/b24-15+. The number of para-hydroxylation sites is 1. The summed E-state index contributed by atoms with van der Waals surface area (Å²) in [4.78, 5) is 50.5. The number of anilines is 1. The van der Waals surface area contributed by atoms with Crippen molar-refractivity contribution in [1.29, 1.82) is 0 Å². The third kappa shape index (κ3) is 6.80. The SMILES string of the molecule is CCOc1ccc(NC(=O)CN2C(=O)S/C(=C/c3cccc(OC)c3OCc3cccc(C(=O)O)c3)C2=O)cc1. The average Bonchev–Trinajstić information content (AvgIpc) is 3.20. The molecule has 1 aliphatic rings. The van der Waals surface area contributed by atoms with Crippen LogP contribution in [0.2, 0.25) is 0 Å². The molecule has 0 atom stereocenters. The molecule has 0 aliphatic carbocycles. The van der Waals surface area contributed by atoms with Crippen molar-refractivity contribution in [2.24, 2.45) is 0 Å². The molecule has 2 N–H and O–H groups in total. The van der Waals surface area contributed by atoms with Gasteiger partial charge in [-0.2, -0.15) is 0 Å². The topological polar surface area (TPSA) is 131 Å². The number of hydrogen-bond donors (Lipinski definition) is 2. The number of aromatic carboxylic acids is 1. The molecule has 0 unspecified atom stereocenters. The van der Waals surface area contributed by atoms with Crippen molar-refractivity contribution in [2.45, 2.75) is 13.5 Å². The second-order valence-electron chi connectivity index (χ2n) is 8.45. The van der Waals surface area contributed by atoms with Crippen LogP contribution in [0.4, 0.5) is 10.5 Å². The first-order chi connectivity index (χ1) is 19.3. The molecular formula is C29H26N2O8S. The lowest BCUT2D eigenvalue weighted by atomic mass is 10.1. The number of nitrogens with one attached hydrogen (secondary N) is 1. The van der Waals surface area contributed by atoms with Gasteiger partial charge in [-0.15, -0.1) is 0 Å². The Labute approximate surface area is 234 Å². The molecule has 206 valence electrons. The largest absolute Gasteiger partial charge is 0.494 e. The third-order valence-electron chi connectivity index (χ3n) is 5.70. The van der Waals surface area contributed by atoms with E-state index < -0.39 is 29.6 Å². The minimum atomic E-state index is -1.05. The van der Waals surface area contributed by atoms with Crippen LogP contribution in [0.15, 0.2) is 71.6 Å². The Morgan fingerprint density at radius 2 is 1.77 bits per heavy atom. The first-order valence-electron chi connectivity index (χ1n) is 12.2. The zero-order chi connectivity index (χ0) is 28.6. The number of rotatable bonds is 11. The van der Waals surface area contributed by atoms with Crippen LogP contribution < -0.4 is 19.5 Å². The van der Waals surface area contributed by atoms with Gasteiger partial charge in [0.25, 0.3) is 11.1 Å². The van der Waals surface area contributed by atoms with Gasteiger partial charge in [-0.25, -0.2) is 4.79 Å². The summed E-state index contributed by atoms with van der Waals surface area (Å²) in [6, 6.07) is 18.1. The van der Waals surface area contributed by atoms with E-state index in [2.05, 4.69) is 5.32 Å². The van der Waals surface area contributed by atoms with E-state index in [0.29, 0.717) is 52.4 Å². The van der Waals surface area contributed by atoms with Gasteiger partial charge in [-0.05, 0) is 72.8 Å². The lowest BCUT2D eigenvalue weighted by Crippen LogP contribution is -2.36. The molecule has 1 saturated heterocycles. The van der Waals surface area contributed by atoms with Crippen molar-refractivity contribution in [3.8, 4) is 17.2 Å². The number of thioether (sulfide) groups is 1. The number of amides is 3. The summed E-state index contributed by atoms with van der Waals surface area (Å²) in [6.07, 6.45) is 1.50. The molecule has 0 radical (unpaired) electrons. The second-order valence-corrected chi connectivity index (χ2v) is 9.44. The lowest BCUT2D eigenvalue weighted by molar-refractivity contribution is -0.127. The second kappa shape index (κ2) is 12.9. The highest BCUT2D eigenvalue weighted by Gasteiger charge is 2.36. The number of methoxy groups -OCH3 is 1. The molecule has 1 fully saturated rings. The van der Waals surface area contributed by atoms with E-state index in [-0.39, 0.29) is 17.1 Å². The van der Waals surface area contributed by atoms with Crippen LogP contribution in [0.25, 0.3) is 6.08 Å². The van der Waals surface area contributed by atoms with Gasteiger partial charge in [0.2, 0.25) is 5.91 Å². The van der Waals surface area contributed by atoms with Gasteiger partial charge in [0, 0.05) is 11.3 Å². The highest BCUT2D eigenvalue weighted by molar-refractivity contribution is 8.18. The van der Waals surface area contributed by atoms with Crippen molar-refractivity contribution in [1.82, 2.24) is 4.90 Å². The number of carboxylic acid groups (broad SMARTS) is 1. The van der Waals surface area contributed by atoms with E-state index in [4.69, 9.17) is 14.2 Å². The van der Waals surface area contributed by atoms with Crippen LogP contribution in [-0.4, -0.2) is 53.3 Å². The molecule has 11 heteroatoms. The molecule has 0 spiro atoms. The summed E-state index contributed by atoms with van der Waals surface area (Å²) < 4.78 is 16.8. The number of carbonyl (C=O) groups excluding carboxylic acids is 3. The Morgan fingerprint density at radius 1 is 1.02 bits per heavy atom. The lowest BCUT2D eigenvalue weighted by Gasteiger charge is -2.14. The Morgan fingerprint density at radius 3 is 2.48 bits per heavy atom. The zero-order valence-electron chi connectivity index (χ0n) is 21.7. The van der Waals surface area contributed by atoms with Crippen LogP contribution in [0.1, 0.15) is 28.4 Å². The predicted molar refractivity (Wildman–Crippen MR) is 150 cm³/mol. The van der Waals surface area contributed by atoms with Gasteiger partial charge in [0.15, 0.2) is 11.5 Å². The van der Waals surface area contributed by atoms with E-state index in [1.165, 1.54) is 25.3 Å². The Kier molecular flexibility index (Phi) is 9.07.